The van der Waals surface area contributed by atoms with Gasteiger partial charge in [-0.15, -0.1) is 0 Å². The largest absolute Gasteiger partial charge is 0.512 e. The third kappa shape index (κ3) is 6.36. The normalized spacial score (nSPS) is 21.6. The van der Waals surface area contributed by atoms with Crippen LogP contribution in [0.15, 0.2) is 66.7 Å². The number of nitrogens with zero attached hydrogens (tertiary/aromatic N) is 3. The van der Waals surface area contributed by atoms with Crippen LogP contribution in [-0.2, 0) is 19.4 Å². The number of anilines is 2. The molecule has 8 rings (SSSR count). The van der Waals surface area contributed by atoms with Crippen molar-refractivity contribution < 1.29 is 28.9 Å². The van der Waals surface area contributed by atoms with Gasteiger partial charge in [-0.1, -0.05) is 79.8 Å². The predicted molar refractivity (Wildman–Crippen MR) is 203 cm³/mol. The van der Waals surface area contributed by atoms with Crippen LogP contribution in [0.5, 0.6) is 17.4 Å². The lowest BCUT2D eigenvalue weighted by atomic mass is 9.70. The van der Waals surface area contributed by atoms with Crippen LogP contribution in [0.25, 0.3) is 10.2 Å². The Bertz CT molecular complexity index is 2110. The van der Waals surface area contributed by atoms with Crippen molar-refractivity contribution in [1.29, 1.82) is 0 Å². The van der Waals surface area contributed by atoms with Crippen LogP contribution < -0.4 is 24.4 Å². The first-order chi connectivity index (χ1) is 25.1. The second kappa shape index (κ2) is 13.7. The minimum absolute atomic E-state index is 0.0936. The molecule has 0 saturated heterocycles. The topological polar surface area (TPSA) is 123 Å². The van der Waals surface area contributed by atoms with Gasteiger partial charge in [-0.2, -0.15) is 4.98 Å². The van der Waals surface area contributed by atoms with E-state index in [1.165, 1.54) is 35.5 Å². The van der Waals surface area contributed by atoms with E-state index in [-0.39, 0.29) is 28.7 Å². The van der Waals surface area contributed by atoms with Gasteiger partial charge in [-0.3, -0.25) is 10.1 Å². The molecule has 0 spiro atoms. The maximum atomic E-state index is 13.5. The Morgan fingerprint density at radius 2 is 1.81 bits per heavy atom. The van der Waals surface area contributed by atoms with E-state index in [9.17, 15) is 14.7 Å². The SMILES string of the molecule is CC1(C)[C@H]2CC[C@]1(C)C(Oc1ccccc1OCCCc1sc(N3CCc4cccc(C(=O)Nc5nc6ccccc6s5)c4C3)nc1OC(=O)O)C2. The molecule has 3 aliphatic rings. The molecule has 1 aliphatic heterocycles. The first-order valence-electron chi connectivity index (χ1n) is 17.9. The molecular weight excluding hydrogens is 697 g/mol. The maximum absolute atomic E-state index is 13.5. The summed E-state index contributed by atoms with van der Waals surface area (Å²) in [6.07, 6.45) is 4.14. The number of carbonyl (C=O) groups is 2. The summed E-state index contributed by atoms with van der Waals surface area (Å²) in [6.45, 7) is 8.69. The molecular formula is C40H42N4O6S2. The van der Waals surface area contributed by atoms with Gasteiger partial charge in [0, 0.05) is 24.1 Å². The van der Waals surface area contributed by atoms with Crippen LogP contribution in [0, 0.1) is 16.7 Å². The molecule has 2 N–H and O–H groups in total. The predicted octanol–water partition coefficient (Wildman–Crippen LogP) is 9.23. The van der Waals surface area contributed by atoms with E-state index in [0.29, 0.717) is 60.0 Å². The van der Waals surface area contributed by atoms with Gasteiger partial charge in [0.1, 0.15) is 6.10 Å². The van der Waals surface area contributed by atoms with E-state index < -0.39 is 6.16 Å². The second-order valence-electron chi connectivity index (χ2n) is 14.8. The number of benzene rings is 3. The molecule has 5 aromatic rings. The van der Waals surface area contributed by atoms with Crippen molar-refractivity contribution in [3.8, 4) is 17.4 Å². The summed E-state index contributed by atoms with van der Waals surface area (Å²) >= 11 is 2.86. The van der Waals surface area contributed by atoms with Crippen LogP contribution in [-0.4, -0.2) is 46.4 Å². The van der Waals surface area contributed by atoms with Crippen molar-refractivity contribution in [3.05, 3.63) is 88.3 Å². The lowest BCUT2D eigenvalue weighted by Gasteiger charge is -2.39. The first kappa shape index (κ1) is 34.4. The maximum Gasteiger partial charge on any atom is 0.512 e. The average Bonchev–Trinajstić information content (AvgIpc) is 3.83. The van der Waals surface area contributed by atoms with Crippen LogP contribution >= 0.6 is 22.7 Å². The minimum Gasteiger partial charge on any atom is -0.490 e. The van der Waals surface area contributed by atoms with Crippen LogP contribution in [0.4, 0.5) is 15.1 Å². The highest BCUT2D eigenvalue weighted by Gasteiger charge is 2.62. The van der Waals surface area contributed by atoms with Crippen molar-refractivity contribution in [2.45, 2.75) is 71.9 Å². The van der Waals surface area contributed by atoms with Gasteiger partial charge < -0.3 is 24.2 Å². The number of thiazole rings is 2. The summed E-state index contributed by atoms with van der Waals surface area (Å²) in [4.78, 5) is 37.2. The lowest BCUT2D eigenvalue weighted by Crippen LogP contribution is -2.38. The van der Waals surface area contributed by atoms with E-state index in [0.717, 1.165) is 44.8 Å². The number of ether oxygens (including phenoxy) is 3. The summed E-state index contributed by atoms with van der Waals surface area (Å²) in [7, 11) is 0. The number of fused-ring (bicyclic) bond motifs is 4. The Balaban J connectivity index is 0.931. The number of hydrogen-bond donors (Lipinski definition) is 2. The number of carboxylic acid groups (broad SMARTS) is 1. The zero-order valence-corrected chi connectivity index (χ0v) is 31.1. The summed E-state index contributed by atoms with van der Waals surface area (Å²) < 4.78 is 19.1. The molecule has 2 aliphatic carbocycles. The Kier molecular flexibility index (Phi) is 9.07. The highest BCUT2D eigenvalue weighted by Crippen LogP contribution is 2.66. The smallest absolute Gasteiger partial charge is 0.490 e. The number of nitrogens with one attached hydrogen (secondary N) is 1. The third-order valence-corrected chi connectivity index (χ3v) is 13.9. The second-order valence-corrected chi connectivity index (χ2v) is 16.9. The lowest BCUT2D eigenvalue weighted by molar-refractivity contribution is 0.0281. The van der Waals surface area contributed by atoms with Crippen LogP contribution in [0.3, 0.4) is 0 Å². The van der Waals surface area contributed by atoms with E-state index >= 15 is 0 Å². The number of para-hydroxylation sites is 3. The van der Waals surface area contributed by atoms with Gasteiger partial charge in [0.25, 0.3) is 5.91 Å². The average molecular weight is 739 g/mol. The zero-order chi connectivity index (χ0) is 36.0. The fraction of sp³-hybridized carbons (Fsp3) is 0.400. The molecule has 270 valence electrons. The number of aromatic nitrogens is 2. The molecule has 0 radical (unpaired) electrons. The van der Waals surface area contributed by atoms with Crippen LogP contribution in [0.1, 0.15) is 72.8 Å². The van der Waals surface area contributed by atoms with Crippen molar-refractivity contribution >= 4 is 55.2 Å². The summed E-state index contributed by atoms with van der Waals surface area (Å²) in [5.74, 6) is 2.04. The molecule has 52 heavy (non-hydrogen) atoms. The van der Waals surface area contributed by atoms with E-state index in [1.54, 1.807) is 0 Å². The molecule has 3 aromatic carbocycles. The Morgan fingerprint density at radius 3 is 2.58 bits per heavy atom. The molecule has 12 heteroatoms. The first-order valence-corrected chi connectivity index (χ1v) is 19.5. The molecule has 1 unspecified atom stereocenters. The fourth-order valence-electron chi connectivity index (χ4n) is 8.37. The molecule has 2 bridgehead atoms. The number of hydrogen-bond acceptors (Lipinski definition) is 10. The monoisotopic (exact) mass is 738 g/mol. The van der Waals surface area contributed by atoms with E-state index in [4.69, 9.17) is 14.2 Å². The summed E-state index contributed by atoms with van der Waals surface area (Å²) in [5, 5.41) is 13.7. The van der Waals surface area contributed by atoms with Gasteiger partial charge in [-0.05, 0) is 91.3 Å². The van der Waals surface area contributed by atoms with Crippen molar-refractivity contribution in [2.75, 3.05) is 23.4 Å². The summed E-state index contributed by atoms with van der Waals surface area (Å²) in [5.41, 5.74) is 3.84. The third-order valence-electron chi connectivity index (χ3n) is 11.8. The minimum atomic E-state index is -1.41. The highest BCUT2D eigenvalue weighted by molar-refractivity contribution is 7.22. The molecule has 3 heterocycles. The van der Waals surface area contributed by atoms with Gasteiger partial charge in [-0.25, -0.2) is 9.78 Å². The fourth-order valence-corrected chi connectivity index (χ4v) is 10.3. The zero-order valence-electron chi connectivity index (χ0n) is 29.5. The highest BCUT2D eigenvalue weighted by atomic mass is 32.1. The van der Waals surface area contributed by atoms with Gasteiger partial charge in [0.15, 0.2) is 21.8 Å². The molecule has 2 saturated carbocycles. The molecule has 10 nitrogen and oxygen atoms in total. The Hall–Kier alpha value is -4.68. The van der Waals surface area contributed by atoms with Crippen LogP contribution in [0.2, 0.25) is 0 Å². The van der Waals surface area contributed by atoms with Gasteiger partial charge >= 0.3 is 6.16 Å². The Labute approximate surface area is 310 Å². The number of aryl methyl sites for hydroxylation is 1. The van der Waals surface area contributed by atoms with E-state index in [1.807, 2.05) is 60.7 Å². The van der Waals surface area contributed by atoms with Crippen molar-refractivity contribution in [1.82, 2.24) is 9.97 Å². The molecule has 1 amide bonds. The molecule has 3 atom stereocenters. The van der Waals surface area contributed by atoms with E-state index in [2.05, 4.69) is 47.0 Å². The van der Waals surface area contributed by atoms with Gasteiger partial charge in [0.2, 0.25) is 5.88 Å². The molecule has 2 fully saturated rings. The standard InChI is InChI=1S/C40H42N4O6S2/c1-39(2)25-17-19-40(39,3)33(22-25)49-30-14-6-5-13-29(30)48-21-9-16-32-35(50-38(46)47)43-37(52-32)44-20-18-24-10-8-11-26(27(24)23-44)34(45)42-36-41-28-12-4-7-15-31(28)51-36/h4-8,10-15,25,33H,9,16-23H2,1-3H3,(H,46,47)(H,41,42,45)/t25-,33?,40+/m0/s1. The Morgan fingerprint density at radius 1 is 1.00 bits per heavy atom. The summed E-state index contributed by atoms with van der Waals surface area (Å²) in [6, 6.07) is 21.5. The van der Waals surface area contributed by atoms with Gasteiger partial charge in [0.05, 0.1) is 21.7 Å². The number of carbonyl (C=O) groups excluding carboxylic acids is 1. The molecule has 2 aromatic heterocycles. The van der Waals surface area contributed by atoms with Crippen molar-refractivity contribution in [3.63, 3.8) is 0 Å². The quantitative estimate of drug-likeness (QED) is 0.101. The van der Waals surface area contributed by atoms with Crippen molar-refractivity contribution in [2.24, 2.45) is 16.7 Å². The number of rotatable bonds is 11. The number of amides is 1.